The van der Waals surface area contributed by atoms with E-state index in [0.717, 1.165) is 30.5 Å². The summed E-state index contributed by atoms with van der Waals surface area (Å²) in [5, 5.41) is 2.49. The molecule has 0 aliphatic carbocycles. The van der Waals surface area contributed by atoms with Crippen LogP contribution in [0.15, 0.2) is 30.3 Å². The summed E-state index contributed by atoms with van der Waals surface area (Å²) in [6.07, 6.45) is -1.20. The number of hydrogen-bond acceptors (Lipinski definition) is 4. The number of alkyl halides is 3. The molecule has 1 atom stereocenters. The van der Waals surface area contributed by atoms with E-state index >= 15 is 0 Å². The van der Waals surface area contributed by atoms with Crippen LogP contribution in [-0.4, -0.2) is 25.6 Å². The van der Waals surface area contributed by atoms with Gasteiger partial charge in [-0.05, 0) is 54.7 Å². The van der Waals surface area contributed by atoms with Gasteiger partial charge in [-0.1, -0.05) is 19.9 Å². The van der Waals surface area contributed by atoms with Crippen molar-refractivity contribution in [3.05, 3.63) is 64.5 Å². The minimum atomic E-state index is -4.60. The lowest BCUT2D eigenvalue weighted by Crippen LogP contribution is -2.25. The average Bonchev–Trinajstić information content (AvgIpc) is 2.67. The molecule has 0 saturated heterocycles. The molecule has 2 N–H and O–H groups in total. The Hall–Kier alpha value is -3.02. The highest BCUT2D eigenvalue weighted by atomic mass is 32.2. The second-order valence-corrected chi connectivity index (χ2v) is 9.87. The third-order valence-electron chi connectivity index (χ3n) is 4.53. The van der Waals surface area contributed by atoms with E-state index in [2.05, 4.69) is 10.3 Å². The first kappa shape index (κ1) is 27.2. The van der Waals surface area contributed by atoms with Crippen LogP contribution in [0, 0.1) is 17.6 Å². The van der Waals surface area contributed by atoms with Crippen LogP contribution in [0.1, 0.15) is 49.3 Å². The van der Waals surface area contributed by atoms with Crippen molar-refractivity contribution in [1.82, 2.24) is 10.3 Å². The van der Waals surface area contributed by atoms with Crippen molar-refractivity contribution in [3.8, 4) is 0 Å². The number of amides is 1. The number of anilines is 1. The van der Waals surface area contributed by atoms with E-state index in [1.807, 2.05) is 13.8 Å². The Bertz CT molecular complexity index is 1170. The fourth-order valence-electron chi connectivity index (χ4n) is 3.01. The van der Waals surface area contributed by atoms with Gasteiger partial charge in [0.1, 0.15) is 11.4 Å². The van der Waals surface area contributed by atoms with Crippen molar-refractivity contribution in [1.29, 1.82) is 0 Å². The lowest BCUT2D eigenvalue weighted by atomic mass is 10.0. The summed E-state index contributed by atoms with van der Waals surface area (Å²) in [7, 11) is -3.91. The Morgan fingerprint density at radius 1 is 1.12 bits per heavy atom. The first-order chi connectivity index (χ1) is 15.6. The monoisotopic (exact) mass is 505 g/mol. The average molecular weight is 506 g/mol. The van der Waals surface area contributed by atoms with Gasteiger partial charge in [0.25, 0.3) is 0 Å². The number of carbonyl (C=O) groups is 1. The fourth-order valence-corrected chi connectivity index (χ4v) is 3.57. The lowest BCUT2D eigenvalue weighted by Gasteiger charge is -2.15. The van der Waals surface area contributed by atoms with Crippen molar-refractivity contribution >= 4 is 27.7 Å². The number of nitrogens with one attached hydrogen (secondary N) is 2. The third-order valence-corrected chi connectivity index (χ3v) is 5.10. The Morgan fingerprint density at radius 2 is 1.71 bits per heavy atom. The van der Waals surface area contributed by atoms with Crippen LogP contribution in [0.5, 0.6) is 0 Å². The van der Waals surface area contributed by atoms with Gasteiger partial charge in [-0.25, -0.2) is 22.2 Å². The van der Waals surface area contributed by atoms with Gasteiger partial charge in [0.05, 0.1) is 12.3 Å². The fraction of sp³-hybridized carbons (Fsp3) is 0.364. The lowest BCUT2D eigenvalue weighted by molar-refractivity contribution is -0.141. The van der Waals surface area contributed by atoms with Crippen molar-refractivity contribution in [3.63, 3.8) is 0 Å². The molecule has 6 nitrogen and oxygen atoms in total. The zero-order valence-corrected chi connectivity index (χ0v) is 19.6. The minimum absolute atomic E-state index is 0.0157. The smallest absolute Gasteiger partial charge is 0.346 e. The normalized spacial score (nSPS) is 13.4. The van der Waals surface area contributed by atoms with Crippen molar-refractivity contribution < 1.29 is 35.2 Å². The predicted octanol–water partition coefficient (Wildman–Crippen LogP) is 4.84. The summed E-state index contributed by atoms with van der Waals surface area (Å²) in [5.41, 5.74) is -1.32. The molecule has 2 rings (SSSR count). The van der Waals surface area contributed by atoms with Gasteiger partial charge in [0.15, 0.2) is 11.6 Å². The van der Waals surface area contributed by atoms with Gasteiger partial charge >= 0.3 is 6.18 Å². The van der Waals surface area contributed by atoms with Crippen LogP contribution >= 0.6 is 0 Å². The van der Waals surface area contributed by atoms with Crippen molar-refractivity contribution in [2.24, 2.45) is 5.92 Å². The van der Waals surface area contributed by atoms with E-state index in [0.29, 0.717) is 5.56 Å². The molecule has 0 aliphatic rings. The van der Waals surface area contributed by atoms with Crippen molar-refractivity contribution in [2.75, 3.05) is 11.0 Å². The summed E-state index contributed by atoms with van der Waals surface area (Å²) in [5.74, 6) is -2.97. The molecule has 1 amide bonds. The molecule has 0 aliphatic heterocycles. The number of sulfonamides is 1. The molecule has 0 fully saturated rings. The number of rotatable bonds is 8. The Kier molecular flexibility index (Phi) is 8.40. The maximum absolute atomic E-state index is 14.2. The number of aromatic nitrogens is 1. The summed E-state index contributed by atoms with van der Waals surface area (Å²) >= 11 is 0. The number of hydrogen-bond donors (Lipinski definition) is 2. The zero-order chi connectivity index (χ0) is 25.8. The number of benzene rings is 1. The molecule has 1 aromatic carbocycles. The molecule has 2 aromatic rings. The van der Waals surface area contributed by atoms with Crippen LogP contribution in [0.4, 0.5) is 27.6 Å². The van der Waals surface area contributed by atoms with Crippen LogP contribution in [0.3, 0.4) is 0 Å². The molecule has 1 unspecified atom stereocenters. The SMILES string of the molecule is CC(C)Cc1nc(C(F)(F)F)ccc1C=CC(=O)NC(C)c1cc(F)c(NS(C)(=O)=O)c(F)c1. The zero-order valence-electron chi connectivity index (χ0n) is 18.8. The maximum Gasteiger partial charge on any atom is 0.433 e. The molecule has 0 bridgehead atoms. The Labute approximate surface area is 194 Å². The molecule has 0 saturated carbocycles. The van der Waals surface area contributed by atoms with E-state index in [1.54, 1.807) is 4.72 Å². The predicted molar refractivity (Wildman–Crippen MR) is 118 cm³/mol. The van der Waals surface area contributed by atoms with E-state index in [4.69, 9.17) is 0 Å². The second-order valence-electron chi connectivity index (χ2n) is 8.13. The topological polar surface area (TPSA) is 88.2 Å². The molecule has 1 aromatic heterocycles. The van der Waals surface area contributed by atoms with Gasteiger partial charge in [0.2, 0.25) is 15.9 Å². The molecule has 186 valence electrons. The van der Waals surface area contributed by atoms with Crippen molar-refractivity contribution in [2.45, 2.75) is 39.4 Å². The van der Waals surface area contributed by atoms with Crippen LogP contribution in [0.25, 0.3) is 6.08 Å². The molecule has 0 spiro atoms. The maximum atomic E-state index is 14.2. The Morgan fingerprint density at radius 3 is 2.21 bits per heavy atom. The van der Waals surface area contributed by atoms with E-state index in [9.17, 15) is 35.2 Å². The van der Waals surface area contributed by atoms with Gasteiger partial charge in [-0.15, -0.1) is 0 Å². The number of halogens is 5. The summed E-state index contributed by atoms with van der Waals surface area (Å²) in [6.45, 7) is 5.09. The highest BCUT2D eigenvalue weighted by molar-refractivity contribution is 7.92. The molecule has 1 heterocycles. The molecule has 0 radical (unpaired) electrons. The minimum Gasteiger partial charge on any atom is -0.346 e. The highest BCUT2D eigenvalue weighted by Crippen LogP contribution is 2.29. The first-order valence-electron chi connectivity index (χ1n) is 10.1. The second kappa shape index (κ2) is 10.5. The summed E-state index contributed by atoms with van der Waals surface area (Å²) < 4.78 is 91.6. The van der Waals surface area contributed by atoms with E-state index in [-0.39, 0.29) is 23.6 Å². The van der Waals surface area contributed by atoms with Gasteiger partial charge in [-0.3, -0.25) is 9.52 Å². The summed E-state index contributed by atoms with van der Waals surface area (Å²) in [6, 6.07) is 2.94. The Balaban J connectivity index is 2.20. The largest absolute Gasteiger partial charge is 0.433 e. The standard InChI is InChI=1S/C22H24F5N3O3S/c1-12(2)9-18-14(5-7-19(29-18)22(25,26)27)6-8-20(31)28-13(3)15-10-16(23)21(17(24)11-15)30-34(4,32)33/h5-8,10-13,30H,9H2,1-4H3,(H,28,31). The highest BCUT2D eigenvalue weighted by Gasteiger charge is 2.33. The van der Waals surface area contributed by atoms with Crippen LogP contribution < -0.4 is 10.0 Å². The molecular weight excluding hydrogens is 481 g/mol. The molecule has 12 heteroatoms. The quantitative estimate of drug-likeness (QED) is 0.397. The van der Waals surface area contributed by atoms with Gasteiger partial charge in [-0.2, -0.15) is 13.2 Å². The first-order valence-corrected chi connectivity index (χ1v) is 12.0. The third kappa shape index (κ3) is 7.79. The molecule has 34 heavy (non-hydrogen) atoms. The van der Waals surface area contributed by atoms with E-state index in [1.165, 1.54) is 19.1 Å². The van der Waals surface area contributed by atoms with Gasteiger partial charge < -0.3 is 5.32 Å². The summed E-state index contributed by atoms with van der Waals surface area (Å²) in [4.78, 5) is 16.0. The van der Waals surface area contributed by atoms with Crippen LogP contribution in [0.2, 0.25) is 0 Å². The molecular formula is C22H24F5N3O3S. The number of nitrogens with zero attached hydrogens (tertiary/aromatic N) is 1. The number of pyridine rings is 1. The van der Waals surface area contributed by atoms with E-state index < -0.39 is 51.2 Å². The number of carbonyl (C=O) groups excluding carboxylic acids is 1. The van der Waals surface area contributed by atoms with Crippen LogP contribution in [-0.2, 0) is 27.4 Å². The van der Waals surface area contributed by atoms with Gasteiger partial charge in [0, 0.05) is 11.8 Å².